The van der Waals surface area contributed by atoms with Gasteiger partial charge in [0, 0.05) is 43.2 Å². The van der Waals surface area contributed by atoms with E-state index in [1.165, 1.54) is 24.9 Å². The highest BCUT2D eigenvalue weighted by Crippen LogP contribution is 2.33. The predicted molar refractivity (Wildman–Crippen MR) is 97.7 cm³/mol. The number of nitrogens with zero attached hydrogens (tertiary/aromatic N) is 1. The van der Waals surface area contributed by atoms with Crippen molar-refractivity contribution in [2.45, 2.75) is 50.7 Å². The molecule has 4 rings (SSSR count). The summed E-state index contributed by atoms with van der Waals surface area (Å²) in [6.45, 7) is 3.31. The molecule has 0 atom stereocenters. The first-order chi connectivity index (χ1) is 12.2. The number of benzene rings is 1. The molecule has 1 amide bonds. The number of amides is 1. The van der Waals surface area contributed by atoms with Gasteiger partial charge in [-0.2, -0.15) is 0 Å². The molecule has 136 valence electrons. The third-order valence-electron chi connectivity index (χ3n) is 5.81. The number of anilines is 2. The van der Waals surface area contributed by atoms with E-state index in [0.29, 0.717) is 0 Å². The van der Waals surface area contributed by atoms with Gasteiger partial charge in [0.25, 0.3) is 0 Å². The van der Waals surface area contributed by atoms with Crippen molar-refractivity contribution >= 4 is 17.3 Å². The van der Waals surface area contributed by atoms with Crippen LogP contribution in [0.3, 0.4) is 0 Å². The summed E-state index contributed by atoms with van der Waals surface area (Å²) in [5.74, 6) is 0.0470. The van der Waals surface area contributed by atoms with Gasteiger partial charge >= 0.3 is 0 Å². The van der Waals surface area contributed by atoms with Crippen LogP contribution in [0.5, 0.6) is 0 Å². The Morgan fingerprint density at radius 2 is 1.64 bits per heavy atom. The molecule has 2 saturated heterocycles. The van der Waals surface area contributed by atoms with E-state index in [1.807, 2.05) is 12.1 Å². The molecule has 0 unspecified atom stereocenters. The molecule has 1 N–H and O–H groups in total. The normalized spacial score (nSPS) is 23.8. The second kappa shape index (κ2) is 7.34. The van der Waals surface area contributed by atoms with Crippen molar-refractivity contribution in [3.05, 3.63) is 24.3 Å². The number of nitrogens with one attached hydrogen (secondary N) is 1. The van der Waals surface area contributed by atoms with Crippen molar-refractivity contribution in [1.29, 1.82) is 0 Å². The summed E-state index contributed by atoms with van der Waals surface area (Å²) in [4.78, 5) is 14.7. The molecule has 1 aliphatic carbocycles. The summed E-state index contributed by atoms with van der Waals surface area (Å²) in [6.07, 6.45) is 7.51. The maximum Gasteiger partial charge on any atom is 0.227 e. The lowest BCUT2D eigenvalue weighted by atomic mass is 9.88. The molecule has 1 saturated carbocycles. The van der Waals surface area contributed by atoms with Crippen LogP contribution in [0, 0.1) is 5.92 Å². The van der Waals surface area contributed by atoms with Crippen LogP contribution in [0.25, 0.3) is 0 Å². The summed E-state index contributed by atoms with van der Waals surface area (Å²) in [5.41, 5.74) is 2.10. The van der Waals surface area contributed by atoms with Gasteiger partial charge in [-0.25, -0.2) is 0 Å². The summed E-state index contributed by atoms with van der Waals surface area (Å²) in [6, 6.07) is 8.24. The third kappa shape index (κ3) is 3.82. The van der Waals surface area contributed by atoms with E-state index in [1.54, 1.807) is 0 Å². The van der Waals surface area contributed by atoms with Gasteiger partial charge in [0.2, 0.25) is 5.91 Å². The van der Waals surface area contributed by atoms with Crippen molar-refractivity contribution in [2.75, 3.05) is 36.5 Å². The lowest BCUT2D eigenvalue weighted by Crippen LogP contribution is -2.45. The van der Waals surface area contributed by atoms with E-state index in [4.69, 9.17) is 9.47 Å². The van der Waals surface area contributed by atoms with Crippen LogP contribution in [0.4, 0.5) is 11.4 Å². The summed E-state index contributed by atoms with van der Waals surface area (Å²) < 4.78 is 11.6. The Morgan fingerprint density at radius 3 is 2.28 bits per heavy atom. The van der Waals surface area contributed by atoms with Crippen LogP contribution in [-0.4, -0.2) is 38.0 Å². The average molecular weight is 344 g/mol. The Morgan fingerprint density at radius 1 is 1.00 bits per heavy atom. The third-order valence-corrected chi connectivity index (χ3v) is 5.81. The number of hydrogen-bond acceptors (Lipinski definition) is 4. The fourth-order valence-corrected chi connectivity index (χ4v) is 4.26. The molecule has 5 heteroatoms. The van der Waals surface area contributed by atoms with E-state index in [9.17, 15) is 4.79 Å². The molecular weight excluding hydrogens is 316 g/mol. The van der Waals surface area contributed by atoms with Crippen molar-refractivity contribution in [3.8, 4) is 0 Å². The van der Waals surface area contributed by atoms with Crippen LogP contribution in [0.1, 0.15) is 44.9 Å². The lowest BCUT2D eigenvalue weighted by molar-refractivity contribution is -0.169. The van der Waals surface area contributed by atoms with Crippen molar-refractivity contribution in [2.24, 2.45) is 5.92 Å². The predicted octanol–water partition coefficient (Wildman–Crippen LogP) is 3.55. The van der Waals surface area contributed by atoms with Crippen LogP contribution >= 0.6 is 0 Å². The SMILES string of the molecule is O=C(Nc1ccc(N2CCC3(CC2)OCCO3)cc1)C1CCCCC1. The first kappa shape index (κ1) is 16.9. The van der Waals surface area contributed by atoms with Gasteiger partial charge in [0.05, 0.1) is 13.2 Å². The van der Waals surface area contributed by atoms with Gasteiger partial charge in [-0.1, -0.05) is 19.3 Å². The van der Waals surface area contributed by atoms with Gasteiger partial charge in [0.1, 0.15) is 0 Å². The molecular formula is C20H28N2O3. The molecule has 1 spiro atoms. The van der Waals surface area contributed by atoms with Crippen LogP contribution in [0.2, 0.25) is 0 Å². The number of piperidine rings is 1. The molecule has 0 aromatic heterocycles. The van der Waals surface area contributed by atoms with E-state index >= 15 is 0 Å². The van der Waals surface area contributed by atoms with E-state index in [2.05, 4.69) is 22.3 Å². The van der Waals surface area contributed by atoms with E-state index in [-0.39, 0.29) is 17.6 Å². The Bertz CT molecular complexity index is 579. The number of carbonyl (C=O) groups excluding carboxylic acids is 1. The Labute approximate surface area is 149 Å². The fourth-order valence-electron chi connectivity index (χ4n) is 4.26. The summed E-state index contributed by atoms with van der Waals surface area (Å²) >= 11 is 0. The monoisotopic (exact) mass is 344 g/mol. The van der Waals surface area contributed by atoms with E-state index < -0.39 is 0 Å². The molecule has 5 nitrogen and oxygen atoms in total. The van der Waals surface area contributed by atoms with Crippen molar-refractivity contribution < 1.29 is 14.3 Å². The Hall–Kier alpha value is -1.59. The molecule has 1 aromatic carbocycles. The lowest BCUT2D eigenvalue weighted by Gasteiger charge is -2.38. The first-order valence-corrected chi connectivity index (χ1v) is 9.68. The second-order valence-corrected chi connectivity index (χ2v) is 7.47. The quantitative estimate of drug-likeness (QED) is 0.911. The number of ether oxygens (including phenoxy) is 2. The zero-order chi connectivity index (χ0) is 17.1. The number of carbonyl (C=O) groups is 1. The zero-order valence-electron chi connectivity index (χ0n) is 14.8. The second-order valence-electron chi connectivity index (χ2n) is 7.47. The molecule has 0 bridgehead atoms. The fraction of sp³-hybridized carbons (Fsp3) is 0.650. The highest BCUT2D eigenvalue weighted by molar-refractivity contribution is 5.92. The minimum atomic E-state index is -0.329. The Balaban J connectivity index is 1.32. The standard InChI is InChI=1S/C20H28N2O3/c23-19(16-4-2-1-3-5-16)21-17-6-8-18(9-7-17)22-12-10-20(11-13-22)24-14-15-25-20/h6-9,16H,1-5,10-15H2,(H,21,23). The van der Waals surface area contributed by atoms with Gasteiger partial charge in [0.15, 0.2) is 5.79 Å². The molecule has 3 aliphatic rings. The van der Waals surface area contributed by atoms with Gasteiger partial charge in [-0.05, 0) is 37.1 Å². The van der Waals surface area contributed by atoms with Crippen LogP contribution in [0.15, 0.2) is 24.3 Å². The van der Waals surface area contributed by atoms with Gasteiger partial charge < -0.3 is 19.7 Å². The highest BCUT2D eigenvalue weighted by atomic mass is 16.7. The largest absolute Gasteiger partial charge is 0.371 e. The molecule has 25 heavy (non-hydrogen) atoms. The number of rotatable bonds is 3. The average Bonchev–Trinajstić information content (AvgIpc) is 3.12. The van der Waals surface area contributed by atoms with Crippen LogP contribution in [-0.2, 0) is 14.3 Å². The molecule has 1 aromatic rings. The minimum absolute atomic E-state index is 0.183. The minimum Gasteiger partial charge on any atom is -0.371 e. The number of hydrogen-bond donors (Lipinski definition) is 1. The van der Waals surface area contributed by atoms with Crippen molar-refractivity contribution in [1.82, 2.24) is 0 Å². The topological polar surface area (TPSA) is 50.8 Å². The summed E-state index contributed by atoms with van der Waals surface area (Å²) in [5, 5.41) is 3.08. The van der Waals surface area contributed by atoms with Gasteiger partial charge in [-0.3, -0.25) is 4.79 Å². The molecule has 2 heterocycles. The molecule has 0 radical (unpaired) electrons. The van der Waals surface area contributed by atoms with Gasteiger partial charge in [-0.15, -0.1) is 0 Å². The van der Waals surface area contributed by atoms with Crippen molar-refractivity contribution in [3.63, 3.8) is 0 Å². The smallest absolute Gasteiger partial charge is 0.227 e. The summed E-state index contributed by atoms with van der Waals surface area (Å²) in [7, 11) is 0. The highest BCUT2D eigenvalue weighted by Gasteiger charge is 2.39. The maximum atomic E-state index is 12.3. The van der Waals surface area contributed by atoms with Crippen LogP contribution < -0.4 is 10.2 Å². The maximum absolute atomic E-state index is 12.3. The Kier molecular flexibility index (Phi) is 4.95. The molecule has 2 aliphatic heterocycles. The first-order valence-electron chi connectivity index (χ1n) is 9.68. The molecule has 3 fully saturated rings. The van der Waals surface area contributed by atoms with E-state index in [0.717, 1.165) is 57.7 Å². The zero-order valence-corrected chi connectivity index (χ0v) is 14.8.